The molecule has 116 valence electrons. The average molecular weight is 327 g/mol. The van der Waals surface area contributed by atoms with Gasteiger partial charge in [-0.1, -0.05) is 12.1 Å². The molecule has 0 amide bonds. The van der Waals surface area contributed by atoms with Gasteiger partial charge in [0.15, 0.2) is 11.6 Å². The first kappa shape index (κ1) is 15.9. The summed E-state index contributed by atoms with van der Waals surface area (Å²) in [6.07, 6.45) is 0. The summed E-state index contributed by atoms with van der Waals surface area (Å²) < 4.78 is 52.7. The van der Waals surface area contributed by atoms with Crippen LogP contribution in [0.15, 0.2) is 47.4 Å². The van der Waals surface area contributed by atoms with Crippen molar-refractivity contribution in [3.8, 4) is 0 Å². The lowest BCUT2D eigenvalue weighted by molar-refractivity contribution is 0.0696. The molecule has 22 heavy (non-hydrogen) atoms. The summed E-state index contributed by atoms with van der Waals surface area (Å²) in [6, 6.07) is 7.49. The van der Waals surface area contributed by atoms with Crippen LogP contribution in [-0.4, -0.2) is 26.5 Å². The van der Waals surface area contributed by atoms with Gasteiger partial charge in [0.2, 0.25) is 0 Å². The SMILES string of the molecule is CN(c1c(F)cccc1F)S(=O)(=O)c1cccc(C(=O)O)c1. The van der Waals surface area contributed by atoms with Gasteiger partial charge >= 0.3 is 5.97 Å². The minimum Gasteiger partial charge on any atom is -0.478 e. The Bertz CT molecular complexity index is 816. The number of aromatic carboxylic acids is 1. The summed E-state index contributed by atoms with van der Waals surface area (Å²) in [6.45, 7) is 0. The summed E-state index contributed by atoms with van der Waals surface area (Å²) in [7, 11) is -3.31. The number of hydrogen-bond donors (Lipinski definition) is 1. The number of anilines is 1. The quantitative estimate of drug-likeness (QED) is 0.936. The van der Waals surface area contributed by atoms with E-state index in [4.69, 9.17) is 5.11 Å². The smallest absolute Gasteiger partial charge is 0.335 e. The molecule has 0 aromatic heterocycles. The molecule has 2 aromatic carbocycles. The molecule has 0 unspecified atom stereocenters. The maximum Gasteiger partial charge on any atom is 0.335 e. The van der Waals surface area contributed by atoms with Gasteiger partial charge < -0.3 is 5.11 Å². The van der Waals surface area contributed by atoms with Gasteiger partial charge in [0.1, 0.15) is 5.69 Å². The van der Waals surface area contributed by atoms with Crippen molar-refractivity contribution in [2.45, 2.75) is 4.90 Å². The molecule has 0 aliphatic rings. The molecule has 0 aliphatic carbocycles. The Morgan fingerprint density at radius 1 is 1.09 bits per heavy atom. The summed E-state index contributed by atoms with van der Waals surface area (Å²) in [5, 5.41) is 8.89. The van der Waals surface area contributed by atoms with E-state index in [-0.39, 0.29) is 10.5 Å². The Labute approximate surface area is 125 Å². The summed E-state index contributed by atoms with van der Waals surface area (Å²) in [5.74, 6) is -3.39. The topological polar surface area (TPSA) is 74.7 Å². The van der Waals surface area contributed by atoms with E-state index in [9.17, 15) is 22.0 Å². The molecule has 0 fully saturated rings. The molecule has 8 heteroatoms. The van der Waals surface area contributed by atoms with Crippen molar-refractivity contribution in [3.05, 3.63) is 59.7 Å². The van der Waals surface area contributed by atoms with Gasteiger partial charge in [0, 0.05) is 7.05 Å². The van der Waals surface area contributed by atoms with Gasteiger partial charge in [-0.15, -0.1) is 0 Å². The molecule has 0 spiro atoms. The van der Waals surface area contributed by atoms with Gasteiger partial charge in [-0.2, -0.15) is 0 Å². The normalized spacial score (nSPS) is 11.2. The maximum atomic E-state index is 13.7. The highest BCUT2D eigenvalue weighted by Gasteiger charge is 2.26. The summed E-state index contributed by atoms with van der Waals surface area (Å²) in [4.78, 5) is 10.5. The number of nitrogens with zero attached hydrogens (tertiary/aromatic N) is 1. The first-order valence-electron chi connectivity index (χ1n) is 6.01. The third-order valence-electron chi connectivity index (χ3n) is 2.99. The molecule has 0 saturated heterocycles. The molecule has 5 nitrogen and oxygen atoms in total. The molecular weight excluding hydrogens is 316 g/mol. The number of halogens is 2. The number of carbonyl (C=O) groups is 1. The average Bonchev–Trinajstić information content (AvgIpc) is 2.47. The molecule has 1 N–H and O–H groups in total. The van der Waals surface area contributed by atoms with Crippen LogP contribution in [0.5, 0.6) is 0 Å². The maximum absolute atomic E-state index is 13.7. The first-order chi connectivity index (χ1) is 10.2. The van der Waals surface area contributed by atoms with Crippen LogP contribution in [0.25, 0.3) is 0 Å². The number of sulfonamides is 1. The summed E-state index contributed by atoms with van der Waals surface area (Å²) >= 11 is 0. The van der Waals surface area contributed by atoms with E-state index in [1.807, 2.05) is 0 Å². The molecule has 2 aromatic rings. The van der Waals surface area contributed by atoms with E-state index >= 15 is 0 Å². The zero-order chi connectivity index (χ0) is 16.5. The Hall–Kier alpha value is -2.48. The standard InChI is InChI=1S/C14H11F2NO4S/c1-17(13-11(15)6-3-7-12(13)16)22(20,21)10-5-2-4-9(8-10)14(18)19/h2-8H,1H3,(H,18,19). The number of para-hydroxylation sites is 1. The van der Waals surface area contributed by atoms with E-state index < -0.39 is 33.3 Å². The molecule has 0 aliphatic heterocycles. The van der Waals surface area contributed by atoms with E-state index in [1.165, 1.54) is 12.1 Å². The van der Waals surface area contributed by atoms with Gasteiger partial charge in [-0.3, -0.25) is 4.31 Å². The largest absolute Gasteiger partial charge is 0.478 e. The zero-order valence-electron chi connectivity index (χ0n) is 11.3. The van der Waals surface area contributed by atoms with Crippen molar-refractivity contribution in [3.63, 3.8) is 0 Å². The summed E-state index contributed by atoms with van der Waals surface area (Å²) in [5.41, 5.74) is -0.980. The monoisotopic (exact) mass is 327 g/mol. The highest BCUT2D eigenvalue weighted by atomic mass is 32.2. The number of benzene rings is 2. The molecular formula is C14H11F2NO4S. The van der Waals surface area contributed by atoms with Gasteiger partial charge in [-0.25, -0.2) is 22.0 Å². The van der Waals surface area contributed by atoms with Crippen LogP contribution in [0.4, 0.5) is 14.5 Å². The Balaban J connectivity index is 2.55. The lowest BCUT2D eigenvalue weighted by atomic mass is 10.2. The van der Waals surface area contributed by atoms with Crippen molar-refractivity contribution < 1.29 is 27.1 Å². The molecule has 0 saturated carbocycles. The second-order valence-electron chi connectivity index (χ2n) is 4.38. The second kappa shape index (κ2) is 5.72. The number of carboxylic acids is 1. The third kappa shape index (κ3) is 2.77. The van der Waals surface area contributed by atoms with Crippen LogP contribution >= 0.6 is 0 Å². The third-order valence-corrected chi connectivity index (χ3v) is 4.75. The Morgan fingerprint density at radius 2 is 1.64 bits per heavy atom. The van der Waals surface area contributed by atoms with Crippen LogP contribution in [0, 0.1) is 11.6 Å². The van der Waals surface area contributed by atoms with E-state index in [0.29, 0.717) is 4.31 Å². The van der Waals surface area contributed by atoms with E-state index in [0.717, 1.165) is 37.4 Å². The van der Waals surface area contributed by atoms with Crippen LogP contribution < -0.4 is 4.31 Å². The van der Waals surface area contributed by atoms with Crippen molar-refractivity contribution in [2.24, 2.45) is 0 Å². The molecule has 0 bridgehead atoms. The fraction of sp³-hybridized carbons (Fsp3) is 0.0714. The van der Waals surface area contributed by atoms with E-state index in [2.05, 4.69) is 0 Å². The number of hydrogen-bond acceptors (Lipinski definition) is 3. The highest BCUT2D eigenvalue weighted by Crippen LogP contribution is 2.27. The lowest BCUT2D eigenvalue weighted by Crippen LogP contribution is -2.28. The minimum absolute atomic E-state index is 0.247. The highest BCUT2D eigenvalue weighted by molar-refractivity contribution is 7.92. The van der Waals surface area contributed by atoms with Crippen LogP contribution in [0.1, 0.15) is 10.4 Å². The second-order valence-corrected chi connectivity index (χ2v) is 6.35. The lowest BCUT2D eigenvalue weighted by Gasteiger charge is -2.20. The van der Waals surface area contributed by atoms with E-state index in [1.54, 1.807) is 0 Å². The van der Waals surface area contributed by atoms with Crippen molar-refractivity contribution >= 4 is 21.7 Å². The fourth-order valence-electron chi connectivity index (χ4n) is 1.86. The van der Waals surface area contributed by atoms with Gasteiger partial charge in [0.05, 0.1) is 10.5 Å². The molecule has 2 rings (SSSR count). The number of carboxylic acid groups (broad SMARTS) is 1. The number of rotatable bonds is 4. The first-order valence-corrected chi connectivity index (χ1v) is 7.45. The molecule has 0 atom stereocenters. The Morgan fingerprint density at radius 3 is 2.18 bits per heavy atom. The Kier molecular flexibility index (Phi) is 4.14. The van der Waals surface area contributed by atoms with Gasteiger partial charge in [-0.05, 0) is 30.3 Å². The van der Waals surface area contributed by atoms with Crippen LogP contribution in [0.2, 0.25) is 0 Å². The van der Waals surface area contributed by atoms with Crippen molar-refractivity contribution in [2.75, 3.05) is 11.4 Å². The zero-order valence-corrected chi connectivity index (χ0v) is 12.1. The van der Waals surface area contributed by atoms with Crippen LogP contribution in [-0.2, 0) is 10.0 Å². The fourth-order valence-corrected chi connectivity index (χ4v) is 3.12. The minimum atomic E-state index is -4.30. The molecule has 0 radical (unpaired) electrons. The predicted octanol–water partition coefficient (Wildman–Crippen LogP) is 2.49. The van der Waals surface area contributed by atoms with Crippen LogP contribution in [0.3, 0.4) is 0 Å². The predicted molar refractivity (Wildman–Crippen MR) is 75.3 cm³/mol. The van der Waals surface area contributed by atoms with Crippen molar-refractivity contribution in [1.29, 1.82) is 0 Å². The molecule has 0 heterocycles. The van der Waals surface area contributed by atoms with Gasteiger partial charge in [0.25, 0.3) is 10.0 Å². The van der Waals surface area contributed by atoms with Crippen molar-refractivity contribution in [1.82, 2.24) is 0 Å².